The normalized spacial score (nSPS) is 11.9. The van der Waals surface area contributed by atoms with Crippen LogP contribution >= 0.6 is 11.6 Å². The molecule has 108 valence electrons. The van der Waals surface area contributed by atoms with Crippen LogP contribution < -0.4 is 5.32 Å². The predicted molar refractivity (Wildman–Crippen MR) is 80.5 cm³/mol. The number of aromatic nitrogens is 1. The number of rotatable bonds is 5. The van der Waals surface area contributed by atoms with Gasteiger partial charge >= 0.3 is 5.97 Å². The summed E-state index contributed by atoms with van der Waals surface area (Å²) < 4.78 is 0. The molecule has 0 aliphatic heterocycles. The molecule has 0 fully saturated rings. The van der Waals surface area contributed by atoms with Gasteiger partial charge in [-0.05, 0) is 17.9 Å². The number of hydrogen-bond acceptors (Lipinski definition) is 3. The molecular weight excluding hydrogens is 292 g/mol. The second-order valence-electron chi connectivity index (χ2n) is 4.41. The largest absolute Gasteiger partial charge is 0.480 e. The Morgan fingerprint density at radius 2 is 2.14 bits per heavy atom. The van der Waals surface area contributed by atoms with Crippen LogP contribution in [0.4, 0.5) is 0 Å². The van der Waals surface area contributed by atoms with Crippen LogP contribution in [0.15, 0.2) is 43.0 Å². The molecule has 0 radical (unpaired) electrons. The van der Waals surface area contributed by atoms with E-state index < -0.39 is 17.9 Å². The molecular formula is C15H13ClN2O3. The van der Waals surface area contributed by atoms with E-state index in [1.165, 1.54) is 6.08 Å². The summed E-state index contributed by atoms with van der Waals surface area (Å²) in [4.78, 5) is 27.1. The highest BCUT2D eigenvalue weighted by Gasteiger charge is 2.20. The SMILES string of the molecule is C=CCC(NC(=O)c1cc2ccccc2c(Cl)n1)C(=O)O. The molecule has 1 heterocycles. The first-order valence-electron chi connectivity index (χ1n) is 6.22. The third-order valence-corrected chi connectivity index (χ3v) is 3.22. The Kier molecular flexibility index (Phi) is 4.55. The summed E-state index contributed by atoms with van der Waals surface area (Å²) in [6, 6.07) is 7.77. The first-order chi connectivity index (χ1) is 10.0. The molecule has 0 aliphatic carbocycles. The van der Waals surface area contributed by atoms with Crippen molar-refractivity contribution in [3.8, 4) is 0 Å². The maximum absolute atomic E-state index is 12.1. The van der Waals surface area contributed by atoms with E-state index in [1.807, 2.05) is 12.1 Å². The second kappa shape index (κ2) is 6.37. The van der Waals surface area contributed by atoms with Gasteiger partial charge in [-0.25, -0.2) is 9.78 Å². The fraction of sp³-hybridized carbons (Fsp3) is 0.133. The molecule has 21 heavy (non-hydrogen) atoms. The van der Waals surface area contributed by atoms with Gasteiger partial charge in [-0.15, -0.1) is 6.58 Å². The van der Waals surface area contributed by atoms with E-state index in [0.717, 1.165) is 10.8 Å². The minimum absolute atomic E-state index is 0.0778. The Balaban J connectivity index is 2.31. The molecule has 1 amide bonds. The van der Waals surface area contributed by atoms with Crippen LogP contribution in [0.1, 0.15) is 16.9 Å². The van der Waals surface area contributed by atoms with Crippen LogP contribution in [0.3, 0.4) is 0 Å². The number of nitrogens with one attached hydrogen (secondary N) is 1. The zero-order valence-corrected chi connectivity index (χ0v) is 11.8. The summed E-state index contributed by atoms with van der Waals surface area (Å²) in [6.07, 6.45) is 1.56. The molecule has 6 heteroatoms. The average Bonchev–Trinajstić information content (AvgIpc) is 2.46. The lowest BCUT2D eigenvalue weighted by Crippen LogP contribution is -2.40. The number of carbonyl (C=O) groups excluding carboxylic acids is 1. The van der Waals surface area contributed by atoms with Gasteiger partial charge in [0.1, 0.15) is 16.9 Å². The summed E-state index contributed by atoms with van der Waals surface area (Å²) in [6.45, 7) is 3.47. The minimum Gasteiger partial charge on any atom is -0.480 e. The number of halogens is 1. The van der Waals surface area contributed by atoms with E-state index in [0.29, 0.717) is 0 Å². The number of carboxylic acids is 1. The highest BCUT2D eigenvalue weighted by Crippen LogP contribution is 2.22. The van der Waals surface area contributed by atoms with Gasteiger partial charge in [0, 0.05) is 5.39 Å². The van der Waals surface area contributed by atoms with E-state index in [9.17, 15) is 9.59 Å². The van der Waals surface area contributed by atoms with Gasteiger partial charge in [0.25, 0.3) is 5.91 Å². The second-order valence-corrected chi connectivity index (χ2v) is 4.77. The number of carboxylic acid groups (broad SMARTS) is 1. The van der Waals surface area contributed by atoms with Gasteiger partial charge in [0.2, 0.25) is 0 Å². The number of fused-ring (bicyclic) bond motifs is 1. The van der Waals surface area contributed by atoms with Crippen molar-refractivity contribution in [2.75, 3.05) is 0 Å². The highest BCUT2D eigenvalue weighted by atomic mass is 35.5. The van der Waals surface area contributed by atoms with Crippen molar-refractivity contribution in [3.05, 3.63) is 53.8 Å². The van der Waals surface area contributed by atoms with Crippen molar-refractivity contribution in [2.45, 2.75) is 12.5 Å². The van der Waals surface area contributed by atoms with Gasteiger partial charge < -0.3 is 10.4 Å². The summed E-state index contributed by atoms with van der Waals surface area (Å²) in [5.41, 5.74) is 0.0778. The topological polar surface area (TPSA) is 79.3 Å². The van der Waals surface area contributed by atoms with Crippen LogP contribution in [-0.2, 0) is 4.79 Å². The number of aliphatic carboxylic acids is 1. The summed E-state index contributed by atoms with van der Waals surface area (Å²) in [7, 11) is 0. The standard InChI is InChI=1S/C15H13ClN2O3/c1-2-5-11(15(20)21)18-14(19)12-8-9-6-3-4-7-10(9)13(16)17-12/h2-4,6-8,11H,1,5H2,(H,18,19)(H,20,21). The molecule has 2 aromatic rings. The number of nitrogens with zero attached hydrogens (tertiary/aromatic N) is 1. The average molecular weight is 305 g/mol. The van der Waals surface area contributed by atoms with Gasteiger partial charge in [-0.2, -0.15) is 0 Å². The maximum Gasteiger partial charge on any atom is 0.326 e. The van der Waals surface area contributed by atoms with Gasteiger partial charge in [0.05, 0.1) is 0 Å². The Labute approximate surface area is 126 Å². The Hall–Kier alpha value is -2.40. The van der Waals surface area contributed by atoms with Gasteiger partial charge in [-0.1, -0.05) is 41.9 Å². The maximum atomic E-state index is 12.1. The number of pyridine rings is 1. The molecule has 2 N–H and O–H groups in total. The van der Waals surface area contributed by atoms with Crippen molar-refractivity contribution in [1.29, 1.82) is 0 Å². The van der Waals surface area contributed by atoms with Crippen molar-refractivity contribution in [3.63, 3.8) is 0 Å². The molecule has 0 saturated carbocycles. The summed E-state index contributed by atoms with van der Waals surface area (Å²) in [5.74, 6) is -1.72. The van der Waals surface area contributed by atoms with E-state index in [-0.39, 0.29) is 17.3 Å². The zero-order chi connectivity index (χ0) is 15.4. The lowest BCUT2D eigenvalue weighted by Gasteiger charge is -2.12. The molecule has 1 aromatic heterocycles. The van der Waals surface area contributed by atoms with Crippen molar-refractivity contribution in [2.24, 2.45) is 0 Å². The molecule has 0 bridgehead atoms. The molecule has 1 unspecified atom stereocenters. The Morgan fingerprint density at radius 3 is 2.81 bits per heavy atom. The number of amides is 1. The fourth-order valence-electron chi connectivity index (χ4n) is 1.89. The van der Waals surface area contributed by atoms with Gasteiger partial charge in [0.15, 0.2) is 0 Å². The molecule has 0 aliphatic rings. The lowest BCUT2D eigenvalue weighted by atomic mass is 10.1. The zero-order valence-electron chi connectivity index (χ0n) is 11.0. The van der Waals surface area contributed by atoms with E-state index in [4.69, 9.17) is 16.7 Å². The third kappa shape index (κ3) is 3.38. The lowest BCUT2D eigenvalue weighted by molar-refractivity contribution is -0.139. The fourth-order valence-corrected chi connectivity index (χ4v) is 2.16. The highest BCUT2D eigenvalue weighted by molar-refractivity contribution is 6.34. The van der Waals surface area contributed by atoms with Crippen molar-refractivity contribution >= 4 is 34.2 Å². The van der Waals surface area contributed by atoms with Gasteiger partial charge in [-0.3, -0.25) is 4.79 Å². The third-order valence-electron chi connectivity index (χ3n) is 2.93. The Morgan fingerprint density at radius 1 is 1.43 bits per heavy atom. The first kappa shape index (κ1) is 15.0. The van der Waals surface area contributed by atoms with Crippen LogP contribution in [0, 0.1) is 0 Å². The van der Waals surface area contributed by atoms with Crippen LogP contribution in [0.5, 0.6) is 0 Å². The van der Waals surface area contributed by atoms with Crippen LogP contribution in [0.25, 0.3) is 10.8 Å². The summed E-state index contributed by atoms with van der Waals surface area (Å²) in [5, 5.41) is 13.1. The molecule has 1 atom stereocenters. The van der Waals surface area contributed by atoms with Crippen LogP contribution in [0.2, 0.25) is 5.15 Å². The number of benzene rings is 1. The smallest absolute Gasteiger partial charge is 0.326 e. The number of carbonyl (C=O) groups is 2. The van der Waals surface area contributed by atoms with Crippen molar-refractivity contribution < 1.29 is 14.7 Å². The Bertz CT molecular complexity index is 715. The van der Waals surface area contributed by atoms with E-state index >= 15 is 0 Å². The molecule has 5 nitrogen and oxygen atoms in total. The quantitative estimate of drug-likeness (QED) is 0.657. The van der Waals surface area contributed by atoms with Crippen LogP contribution in [-0.4, -0.2) is 28.0 Å². The van der Waals surface area contributed by atoms with Crippen molar-refractivity contribution in [1.82, 2.24) is 10.3 Å². The molecule has 1 aromatic carbocycles. The van der Waals surface area contributed by atoms with E-state index in [2.05, 4.69) is 16.9 Å². The monoisotopic (exact) mass is 304 g/mol. The molecule has 0 spiro atoms. The van der Waals surface area contributed by atoms with E-state index in [1.54, 1.807) is 18.2 Å². The molecule has 0 saturated heterocycles. The molecule has 2 rings (SSSR count). The summed E-state index contributed by atoms with van der Waals surface area (Å²) >= 11 is 6.04. The number of hydrogen-bond donors (Lipinski definition) is 2. The first-order valence-corrected chi connectivity index (χ1v) is 6.60. The predicted octanol–water partition coefficient (Wildman–Crippen LogP) is 2.65. The minimum atomic E-state index is -1.13.